The van der Waals surface area contributed by atoms with E-state index < -0.39 is 10.8 Å². The van der Waals surface area contributed by atoms with Crippen LogP contribution < -0.4 is 10.2 Å². The molecule has 0 saturated carbocycles. The second kappa shape index (κ2) is 11.2. The normalized spacial score (nSPS) is 13.6. The molecule has 1 N–H and O–H groups in total. The van der Waals surface area contributed by atoms with Crippen molar-refractivity contribution in [2.24, 2.45) is 0 Å². The Morgan fingerprint density at radius 2 is 1.67 bits per heavy atom. The van der Waals surface area contributed by atoms with Gasteiger partial charge in [0.1, 0.15) is 0 Å². The summed E-state index contributed by atoms with van der Waals surface area (Å²) < 4.78 is 0. The summed E-state index contributed by atoms with van der Waals surface area (Å²) in [5, 5.41) is 14.4. The molecular formula is C26H22Cl2N4O4. The highest BCUT2D eigenvalue weighted by Gasteiger charge is 2.23. The molecule has 0 spiro atoms. The molecule has 3 aromatic rings. The SMILES string of the molecule is O=C(Nc1cc(Cl)ccc1N1CCN(C(=O)/C=C/c2ccccc2)CC1)c1cc([N+](=O)[O-])ccc1Cl. The minimum absolute atomic E-state index is 0.0163. The summed E-state index contributed by atoms with van der Waals surface area (Å²) in [4.78, 5) is 39.9. The van der Waals surface area contributed by atoms with E-state index in [1.165, 1.54) is 12.1 Å². The van der Waals surface area contributed by atoms with E-state index in [0.717, 1.165) is 17.3 Å². The molecule has 2 amide bonds. The monoisotopic (exact) mass is 524 g/mol. The van der Waals surface area contributed by atoms with Gasteiger partial charge in [-0.3, -0.25) is 19.7 Å². The topological polar surface area (TPSA) is 95.8 Å². The van der Waals surface area contributed by atoms with Gasteiger partial charge in [0.25, 0.3) is 11.6 Å². The number of piperazine rings is 1. The zero-order valence-electron chi connectivity index (χ0n) is 19.1. The third-order valence-corrected chi connectivity index (χ3v) is 6.33. The number of anilines is 2. The van der Waals surface area contributed by atoms with Gasteiger partial charge in [-0.1, -0.05) is 53.5 Å². The number of amides is 2. The zero-order valence-corrected chi connectivity index (χ0v) is 20.6. The number of non-ortho nitro benzene ring substituents is 1. The van der Waals surface area contributed by atoms with Crippen LogP contribution >= 0.6 is 23.2 Å². The molecule has 3 aromatic carbocycles. The van der Waals surface area contributed by atoms with Crippen LogP contribution in [-0.2, 0) is 4.79 Å². The molecule has 36 heavy (non-hydrogen) atoms. The quantitative estimate of drug-likeness (QED) is 0.260. The van der Waals surface area contributed by atoms with E-state index in [1.54, 1.807) is 35.3 Å². The van der Waals surface area contributed by atoms with Crippen molar-refractivity contribution < 1.29 is 14.5 Å². The van der Waals surface area contributed by atoms with Gasteiger partial charge >= 0.3 is 0 Å². The van der Waals surface area contributed by atoms with Crippen molar-refractivity contribution in [2.45, 2.75) is 0 Å². The maximum absolute atomic E-state index is 12.9. The lowest BCUT2D eigenvalue weighted by Crippen LogP contribution is -2.48. The predicted octanol–water partition coefficient (Wildman–Crippen LogP) is 5.52. The molecule has 1 aliphatic heterocycles. The van der Waals surface area contributed by atoms with Gasteiger partial charge in [0.2, 0.25) is 5.91 Å². The van der Waals surface area contributed by atoms with E-state index in [0.29, 0.717) is 36.9 Å². The van der Waals surface area contributed by atoms with Crippen molar-refractivity contribution in [1.29, 1.82) is 0 Å². The molecule has 10 heteroatoms. The van der Waals surface area contributed by atoms with E-state index in [9.17, 15) is 19.7 Å². The number of halogens is 2. The largest absolute Gasteiger partial charge is 0.366 e. The Balaban J connectivity index is 1.46. The Morgan fingerprint density at radius 1 is 0.944 bits per heavy atom. The van der Waals surface area contributed by atoms with Crippen LogP contribution in [0.5, 0.6) is 0 Å². The van der Waals surface area contributed by atoms with E-state index in [2.05, 4.69) is 5.32 Å². The molecular weight excluding hydrogens is 503 g/mol. The fourth-order valence-corrected chi connectivity index (χ4v) is 4.25. The first-order chi connectivity index (χ1) is 17.3. The van der Waals surface area contributed by atoms with Crippen LogP contribution in [-0.4, -0.2) is 47.8 Å². The summed E-state index contributed by atoms with van der Waals surface area (Å²) in [5.74, 6) is -0.657. The standard InChI is InChI=1S/C26H22Cl2N4O4/c27-19-7-10-24(23(16-19)29-26(34)21-17-20(32(35)36)8-9-22(21)28)30-12-14-31(15-13-30)25(33)11-6-18-4-2-1-3-5-18/h1-11,16-17H,12-15H2,(H,29,34)/b11-6+. The summed E-state index contributed by atoms with van der Waals surface area (Å²) in [7, 11) is 0. The first-order valence-electron chi connectivity index (χ1n) is 11.1. The van der Waals surface area contributed by atoms with Crippen molar-refractivity contribution >= 4 is 58.2 Å². The number of rotatable bonds is 6. The Kier molecular flexibility index (Phi) is 7.87. The maximum Gasteiger partial charge on any atom is 0.270 e. The summed E-state index contributed by atoms with van der Waals surface area (Å²) in [6.45, 7) is 2.11. The third kappa shape index (κ3) is 6.02. The number of carbonyl (C=O) groups is 2. The number of hydrogen-bond donors (Lipinski definition) is 1. The zero-order chi connectivity index (χ0) is 25.7. The summed E-state index contributed by atoms with van der Waals surface area (Å²) in [5.41, 5.74) is 1.87. The van der Waals surface area contributed by atoms with Crippen molar-refractivity contribution in [1.82, 2.24) is 4.90 Å². The lowest BCUT2D eigenvalue weighted by molar-refractivity contribution is -0.384. The van der Waals surface area contributed by atoms with Crippen LogP contribution in [0, 0.1) is 10.1 Å². The predicted molar refractivity (Wildman–Crippen MR) is 142 cm³/mol. The van der Waals surface area contributed by atoms with Crippen LogP contribution in [0.25, 0.3) is 6.08 Å². The van der Waals surface area contributed by atoms with Gasteiger partial charge in [-0.05, 0) is 35.9 Å². The van der Waals surface area contributed by atoms with Crippen molar-refractivity contribution in [3.63, 3.8) is 0 Å². The number of hydrogen-bond acceptors (Lipinski definition) is 5. The van der Waals surface area contributed by atoms with Crippen molar-refractivity contribution in [3.05, 3.63) is 104 Å². The van der Waals surface area contributed by atoms with E-state index >= 15 is 0 Å². The Hall–Kier alpha value is -3.88. The second-order valence-electron chi connectivity index (χ2n) is 8.09. The van der Waals surface area contributed by atoms with E-state index in [4.69, 9.17) is 23.2 Å². The number of nitro benzene ring substituents is 1. The number of nitrogens with zero attached hydrogens (tertiary/aromatic N) is 3. The Labute approximate surface area is 217 Å². The van der Waals surface area contributed by atoms with Crippen LogP contribution in [0.4, 0.5) is 17.1 Å². The molecule has 8 nitrogen and oxygen atoms in total. The van der Waals surface area contributed by atoms with Gasteiger partial charge < -0.3 is 15.1 Å². The van der Waals surface area contributed by atoms with Crippen LogP contribution in [0.1, 0.15) is 15.9 Å². The van der Waals surface area contributed by atoms with Gasteiger partial charge in [0.05, 0.1) is 26.9 Å². The fraction of sp³-hybridized carbons (Fsp3) is 0.154. The van der Waals surface area contributed by atoms with Crippen LogP contribution in [0.15, 0.2) is 72.8 Å². The lowest BCUT2D eigenvalue weighted by atomic mass is 10.1. The molecule has 0 unspecified atom stereocenters. The minimum atomic E-state index is -0.591. The molecule has 0 aliphatic carbocycles. The fourth-order valence-electron chi connectivity index (χ4n) is 3.88. The second-order valence-corrected chi connectivity index (χ2v) is 8.94. The molecule has 1 fully saturated rings. The molecule has 1 heterocycles. The number of carbonyl (C=O) groups excluding carboxylic acids is 2. The highest BCUT2D eigenvalue weighted by atomic mass is 35.5. The molecule has 184 valence electrons. The van der Waals surface area contributed by atoms with Crippen LogP contribution in [0.3, 0.4) is 0 Å². The Morgan fingerprint density at radius 3 is 2.36 bits per heavy atom. The average Bonchev–Trinajstić information content (AvgIpc) is 2.88. The highest BCUT2D eigenvalue weighted by molar-refractivity contribution is 6.34. The third-order valence-electron chi connectivity index (χ3n) is 5.76. The lowest BCUT2D eigenvalue weighted by Gasteiger charge is -2.36. The smallest absolute Gasteiger partial charge is 0.270 e. The van der Waals surface area contributed by atoms with Gasteiger partial charge in [0, 0.05) is 49.4 Å². The molecule has 0 aromatic heterocycles. The van der Waals surface area contributed by atoms with E-state index in [-0.39, 0.29) is 22.2 Å². The number of nitro groups is 1. The molecule has 1 aliphatic rings. The number of nitrogens with one attached hydrogen (secondary N) is 1. The first-order valence-corrected chi connectivity index (χ1v) is 11.9. The average molecular weight is 525 g/mol. The Bertz CT molecular complexity index is 1320. The molecule has 0 radical (unpaired) electrons. The van der Waals surface area contributed by atoms with Crippen LogP contribution in [0.2, 0.25) is 10.0 Å². The minimum Gasteiger partial charge on any atom is -0.366 e. The van der Waals surface area contributed by atoms with Gasteiger partial charge in [0.15, 0.2) is 0 Å². The highest BCUT2D eigenvalue weighted by Crippen LogP contribution is 2.31. The summed E-state index contributed by atoms with van der Waals surface area (Å²) >= 11 is 12.3. The maximum atomic E-state index is 12.9. The molecule has 1 saturated heterocycles. The van der Waals surface area contributed by atoms with E-state index in [1.807, 2.05) is 35.2 Å². The van der Waals surface area contributed by atoms with Crippen molar-refractivity contribution in [3.8, 4) is 0 Å². The summed E-state index contributed by atoms with van der Waals surface area (Å²) in [6, 6.07) is 18.4. The first kappa shape index (κ1) is 25.2. The molecule has 0 atom stereocenters. The number of benzene rings is 3. The van der Waals surface area contributed by atoms with Crippen molar-refractivity contribution in [2.75, 3.05) is 36.4 Å². The van der Waals surface area contributed by atoms with Gasteiger partial charge in [-0.25, -0.2) is 0 Å². The van der Waals surface area contributed by atoms with Gasteiger partial charge in [-0.15, -0.1) is 0 Å². The molecule has 4 rings (SSSR count). The summed E-state index contributed by atoms with van der Waals surface area (Å²) in [6.07, 6.45) is 3.36. The van der Waals surface area contributed by atoms with Gasteiger partial charge in [-0.2, -0.15) is 0 Å². The molecule has 0 bridgehead atoms.